The summed E-state index contributed by atoms with van der Waals surface area (Å²) < 4.78 is 0. The molecule has 1 aromatic rings. The lowest BCUT2D eigenvalue weighted by Crippen LogP contribution is -2.19. The van der Waals surface area contributed by atoms with E-state index in [1.54, 1.807) is 0 Å². The van der Waals surface area contributed by atoms with Gasteiger partial charge in [-0.15, -0.1) is 12.6 Å². The molecular weight excluding hydrogens is 348 g/mol. The summed E-state index contributed by atoms with van der Waals surface area (Å²) >= 11 is 4.49. The van der Waals surface area contributed by atoms with Crippen molar-refractivity contribution in [1.82, 2.24) is 4.90 Å². The van der Waals surface area contributed by atoms with Gasteiger partial charge in [0.05, 0.1) is 5.71 Å². The Kier molecular flexibility index (Phi) is 8.59. The summed E-state index contributed by atoms with van der Waals surface area (Å²) in [7, 11) is 2.20. The van der Waals surface area contributed by atoms with Crippen LogP contribution in [-0.2, 0) is 6.54 Å². The standard InChI is InChI=1S/C24H34N2S/c1-6-9-24-20(4)19(3)11-12-22(25-24)10-7-8-13-26(5)17-21-14-18(2)15-23(27)16-21/h6,9,12,14-16,27H,7-8,10-11,13,17H2,1-5H3/b9-6-. The maximum atomic E-state index is 4.91. The Bertz CT molecular complexity index is 748. The van der Waals surface area contributed by atoms with E-state index in [1.807, 2.05) is 0 Å². The number of benzene rings is 1. The third kappa shape index (κ3) is 7.15. The van der Waals surface area contributed by atoms with Crippen LogP contribution in [0.25, 0.3) is 0 Å². The predicted molar refractivity (Wildman–Crippen MR) is 122 cm³/mol. The highest BCUT2D eigenvalue weighted by molar-refractivity contribution is 7.80. The van der Waals surface area contributed by atoms with Crippen LogP contribution in [0.15, 0.2) is 63.2 Å². The minimum atomic E-state index is 0.976. The van der Waals surface area contributed by atoms with Crippen LogP contribution in [-0.4, -0.2) is 24.2 Å². The molecule has 0 fully saturated rings. The molecule has 1 aliphatic rings. The molecule has 2 rings (SSSR count). The Labute approximate surface area is 171 Å². The molecule has 0 saturated carbocycles. The van der Waals surface area contributed by atoms with Crippen molar-refractivity contribution in [3.05, 3.63) is 64.4 Å². The molecule has 0 amide bonds. The van der Waals surface area contributed by atoms with Crippen LogP contribution in [0, 0.1) is 6.92 Å². The van der Waals surface area contributed by atoms with Gasteiger partial charge in [-0.2, -0.15) is 0 Å². The van der Waals surface area contributed by atoms with Crippen LogP contribution < -0.4 is 0 Å². The summed E-state index contributed by atoms with van der Waals surface area (Å²) in [6, 6.07) is 6.52. The van der Waals surface area contributed by atoms with Gasteiger partial charge >= 0.3 is 0 Å². The zero-order valence-electron chi connectivity index (χ0n) is 17.5. The van der Waals surface area contributed by atoms with E-state index in [4.69, 9.17) is 4.99 Å². The molecule has 0 radical (unpaired) electrons. The molecule has 1 aliphatic heterocycles. The molecule has 0 spiro atoms. The highest BCUT2D eigenvalue weighted by atomic mass is 32.1. The molecule has 1 aromatic carbocycles. The summed E-state index contributed by atoms with van der Waals surface area (Å²) in [5.74, 6) is 0. The number of hydrogen-bond donors (Lipinski definition) is 1. The lowest BCUT2D eigenvalue weighted by Gasteiger charge is -2.17. The van der Waals surface area contributed by atoms with E-state index in [9.17, 15) is 0 Å². The minimum Gasteiger partial charge on any atom is -0.302 e. The largest absolute Gasteiger partial charge is 0.302 e. The van der Waals surface area contributed by atoms with Crippen molar-refractivity contribution in [2.45, 2.75) is 64.8 Å². The maximum Gasteiger partial charge on any atom is 0.0658 e. The quantitative estimate of drug-likeness (QED) is 0.399. The first kappa shape index (κ1) is 21.7. The average molecular weight is 383 g/mol. The summed E-state index contributed by atoms with van der Waals surface area (Å²) in [6.07, 6.45) is 10.9. The molecule has 0 bridgehead atoms. The Morgan fingerprint density at radius 1 is 1.15 bits per heavy atom. The summed E-state index contributed by atoms with van der Waals surface area (Å²) in [5, 5.41) is 0. The Morgan fingerprint density at radius 2 is 1.93 bits per heavy atom. The lowest BCUT2D eigenvalue weighted by atomic mass is 10.0. The molecule has 0 unspecified atom stereocenters. The number of hydrogen-bond acceptors (Lipinski definition) is 3. The first-order chi connectivity index (χ1) is 12.9. The van der Waals surface area contributed by atoms with Crippen molar-refractivity contribution in [2.75, 3.05) is 13.6 Å². The SMILES string of the molecule is C/C=C\C1=NC(CCCCN(C)Cc2cc(C)cc(S)c2)=CCC(C)=C1C. The van der Waals surface area contributed by atoms with Gasteiger partial charge in [-0.05, 0) is 102 Å². The first-order valence-corrected chi connectivity index (χ1v) is 10.4. The van der Waals surface area contributed by atoms with Crippen molar-refractivity contribution < 1.29 is 0 Å². The number of unbranched alkanes of at least 4 members (excludes halogenated alkanes) is 1. The number of thiol groups is 1. The number of aryl methyl sites for hydroxylation is 1. The monoisotopic (exact) mass is 382 g/mol. The number of rotatable bonds is 8. The van der Waals surface area contributed by atoms with Crippen LogP contribution in [0.3, 0.4) is 0 Å². The topological polar surface area (TPSA) is 15.6 Å². The molecule has 146 valence electrons. The van der Waals surface area contributed by atoms with Crippen molar-refractivity contribution in [3.8, 4) is 0 Å². The molecule has 0 atom stereocenters. The number of nitrogens with zero attached hydrogens (tertiary/aromatic N) is 2. The molecule has 1 heterocycles. The molecule has 27 heavy (non-hydrogen) atoms. The van der Waals surface area contributed by atoms with Crippen molar-refractivity contribution in [2.24, 2.45) is 4.99 Å². The van der Waals surface area contributed by atoms with E-state index >= 15 is 0 Å². The van der Waals surface area contributed by atoms with E-state index in [0.717, 1.165) is 36.5 Å². The van der Waals surface area contributed by atoms with Crippen molar-refractivity contribution in [1.29, 1.82) is 0 Å². The smallest absolute Gasteiger partial charge is 0.0658 e. The van der Waals surface area contributed by atoms with E-state index in [2.05, 4.69) is 88.7 Å². The molecule has 0 N–H and O–H groups in total. The van der Waals surface area contributed by atoms with Crippen LogP contribution in [0.1, 0.15) is 57.6 Å². The Hall–Kier alpha value is -1.58. The van der Waals surface area contributed by atoms with Gasteiger partial charge in [0.15, 0.2) is 0 Å². The third-order valence-corrected chi connectivity index (χ3v) is 5.31. The zero-order chi connectivity index (χ0) is 19.8. The predicted octanol–water partition coefficient (Wildman–Crippen LogP) is 6.53. The Morgan fingerprint density at radius 3 is 2.63 bits per heavy atom. The van der Waals surface area contributed by atoms with Gasteiger partial charge in [-0.3, -0.25) is 4.99 Å². The molecule has 0 aromatic heterocycles. The van der Waals surface area contributed by atoms with Crippen LogP contribution in [0.5, 0.6) is 0 Å². The van der Waals surface area contributed by atoms with Gasteiger partial charge < -0.3 is 4.90 Å². The zero-order valence-corrected chi connectivity index (χ0v) is 18.4. The molecule has 0 saturated heterocycles. The van der Waals surface area contributed by atoms with Crippen LogP contribution in [0.4, 0.5) is 0 Å². The van der Waals surface area contributed by atoms with Crippen molar-refractivity contribution >= 4 is 18.3 Å². The van der Waals surface area contributed by atoms with E-state index in [0.29, 0.717) is 0 Å². The first-order valence-electron chi connectivity index (χ1n) is 9.94. The molecule has 2 nitrogen and oxygen atoms in total. The van der Waals surface area contributed by atoms with E-state index < -0.39 is 0 Å². The van der Waals surface area contributed by atoms with E-state index in [1.165, 1.54) is 40.8 Å². The highest BCUT2D eigenvalue weighted by Crippen LogP contribution is 2.22. The van der Waals surface area contributed by atoms with Gasteiger partial charge in [-0.25, -0.2) is 0 Å². The summed E-state index contributed by atoms with van der Waals surface area (Å²) in [6.45, 7) is 10.7. The van der Waals surface area contributed by atoms with E-state index in [-0.39, 0.29) is 0 Å². The highest BCUT2D eigenvalue weighted by Gasteiger charge is 2.09. The van der Waals surface area contributed by atoms with Gasteiger partial charge in [0.1, 0.15) is 0 Å². The second-order valence-electron chi connectivity index (χ2n) is 7.67. The molecule has 0 aliphatic carbocycles. The second kappa shape index (κ2) is 10.7. The number of allylic oxidation sites excluding steroid dienone is 6. The van der Waals surface area contributed by atoms with Crippen molar-refractivity contribution in [3.63, 3.8) is 0 Å². The number of aliphatic imine (C=N–C) groups is 1. The third-order valence-electron chi connectivity index (χ3n) is 5.05. The normalized spacial score (nSPS) is 15.4. The fourth-order valence-electron chi connectivity index (χ4n) is 3.42. The van der Waals surface area contributed by atoms with Gasteiger partial charge in [-0.1, -0.05) is 23.8 Å². The maximum absolute atomic E-state index is 4.91. The Balaban J connectivity index is 1.82. The second-order valence-corrected chi connectivity index (χ2v) is 8.19. The average Bonchev–Trinajstić information content (AvgIpc) is 2.72. The van der Waals surface area contributed by atoms with Gasteiger partial charge in [0.25, 0.3) is 0 Å². The fraction of sp³-hybridized carbons (Fsp3) is 0.458. The fourth-order valence-corrected chi connectivity index (χ4v) is 3.78. The molecule has 3 heteroatoms. The van der Waals surface area contributed by atoms with Crippen LogP contribution >= 0.6 is 12.6 Å². The summed E-state index contributed by atoms with van der Waals surface area (Å²) in [4.78, 5) is 8.36. The van der Waals surface area contributed by atoms with Gasteiger partial charge in [0.2, 0.25) is 0 Å². The summed E-state index contributed by atoms with van der Waals surface area (Å²) in [5.41, 5.74) is 7.72. The lowest BCUT2D eigenvalue weighted by molar-refractivity contribution is 0.318. The minimum absolute atomic E-state index is 0.976. The molecular formula is C24H34N2S. The van der Waals surface area contributed by atoms with Gasteiger partial charge in [0, 0.05) is 17.1 Å². The van der Waals surface area contributed by atoms with Crippen LogP contribution in [0.2, 0.25) is 0 Å².